The number of rotatable bonds is 4. The van der Waals surface area contributed by atoms with E-state index in [0.29, 0.717) is 23.0 Å². The molecule has 0 saturated heterocycles. The van der Waals surface area contributed by atoms with Gasteiger partial charge in [-0.15, -0.1) is 0 Å². The molecule has 0 fully saturated rings. The van der Waals surface area contributed by atoms with E-state index in [1.165, 1.54) is 0 Å². The molecule has 5 aromatic rings. The number of fused-ring (bicyclic) bond motifs is 3. The predicted octanol–water partition coefficient (Wildman–Crippen LogP) is 6.05. The quantitative estimate of drug-likeness (QED) is 0.169. The third kappa shape index (κ3) is 3.55. The van der Waals surface area contributed by atoms with Crippen LogP contribution in [-0.4, -0.2) is 23.1 Å². The van der Waals surface area contributed by atoms with Crippen molar-refractivity contribution in [3.63, 3.8) is 0 Å². The second-order valence-electron chi connectivity index (χ2n) is 7.06. The van der Waals surface area contributed by atoms with Crippen LogP contribution in [0.5, 0.6) is 11.6 Å². The summed E-state index contributed by atoms with van der Waals surface area (Å²) in [6, 6.07) is 26.8. The molecule has 1 N–H and O–H groups in total. The van der Waals surface area contributed by atoms with E-state index < -0.39 is 0 Å². The summed E-state index contributed by atoms with van der Waals surface area (Å²) in [6.07, 6.45) is 1.62. The summed E-state index contributed by atoms with van der Waals surface area (Å²) in [4.78, 5) is 6.17. The molecular formula is C25H19N3O3. The molecule has 0 amide bonds. The van der Waals surface area contributed by atoms with Crippen LogP contribution in [0.1, 0.15) is 5.56 Å². The van der Waals surface area contributed by atoms with E-state index >= 15 is 0 Å². The molecule has 3 aromatic carbocycles. The van der Waals surface area contributed by atoms with Crippen molar-refractivity contribution < 1.29 is 14.4 Å². The third-order valence-electron chi connectivity index (χ3n) is 5.12. The van der Waals surface area contributed by atoms with E-state index in [1.54, 1.807) is 17.2 Å². The molecule has 0 aliphatic carbocycles. The van der Waals surface area contributed by atoms with Gasteiger partial charge in [-0.2, -0.15) is 0 Å². The Hall–Kier alpha value is -4.32. The van der Waals surface area contributed by atoms with E-state index in [2.05, 4.69) is 10.1 Å². The summed E-state index contributed by atoms with van der Waals surface area (Å²) < 4.78 is 11.8. The Bertz CT molecular complexity index is 1380. The van der Waals surface area contributed by atoms with Crippen molar-refractivity contribution in [1.82, 2.24) is 4.98 Å². The molecule has 2 aromatic heterocycles. The first-order valence-electron chi connectivity index (χ1n) is 9.79. The van der Waals surface area contributed by atoms with E-state index in [0.717, 1.165) is 27.6 Å². The molecule has 0 aliphatic rings. The summed E-state index contributed by atoms with van der Waals surface area (Å²) >= 11 is 0. The normalized spacial score (nSPS) is 11.7. The smallest absolute Gasteiger partial charge is 0.219 e. The molecule has 5 rings (SSSR count). The van der Waals surface area contributed by atoms with Gasteiger partial charge >= 0.3 is 0 Å². The van der Waals surface area contributed by atoms with E-state index in [1.807, 2.05) is 85.9 Å². The molecule has 6 heteroatoms. The fourth-order valence-corrected chi connectivity index (χ4v) is 3.55. The number of aromatic nitrogens is 1. The summed E-state index contributed by atoms with van der Waals surface area (Å²) in [5.41, 5.74) is 3.22. The molecule has 0 saturated carbocycles. The third-order valence-corrected chi connectivity index (χ3v) is 5.12. The molecular weight excluding hydrogens is 390 g/mol. The van der Waals surface area contributed by atoms with Gasteiger partial charge in [0, 0.05) is 41.3 Å². The summed E-state index contributed by atoms with van der Waals surface area (Å²) in [5, 5.41) is 15.0. The summed E-state index contributed by atoms with van der Waals surface area (Å²) in [7, 11) is 1.83. The van der Waals surface area contributed by atoms with E-state index in [4.69, 9.17) is 9.15 Å². The van der Waals surface area contributed by atoms with Crippen LogP contribution < -0.4 is 9.64 Å². The Morgan fingerprint density at radius 2 is 1.68 bits per heavy atom. The highest BCUT2D eigenvalue weighted by molar-refractivity contribution is 6.09. The number of ether oxygens (including phenoxy) is 1. The number of hydrogen-bond acceptors (Lipinski definition) is 5. The minimum Gasteiger partial charge on any atom is -0.456 e. The van der Waals surface area contributed by atoms with Gasteiger partial charge in [-0.25, -0.2) is 4.98 Å². The van der Waals surface area contributed by atoms with Gasteiger partial charge in [0.2, 0.25) is 5.88 Å². The molecule has 0 bridgehead atoms. The maximum Gasteiger partial charge on any atom is 0.219 e. The van der Waals surface area contributed by atoms with Crippen LogP contribution >= 0.6 is 0 Å². The highest BCUT2D eigenvalue weighted by Crippen LogP contribution is 2.32. The molecule has 0 aliphatic heterocycles. The zero-order valence-electron chi connectivity index (χ0n) is 16.8. The fourth-order valence-electron chi connectivity index (χ4n) is 3.55. The molecule has 0 unspecified atom stereocenters. The van der Waals surface area contributed by atoms with Crippen molar-refractivity contribution >= 4 is 33.5 Å². The summed E-state index contributed by atoms with van der Waals surface area (Å²) in [6.45, 7) is 0. The Kier molecular flexibility index (Phi) is 4.72. The van der Waals surface area contributed by atoms with Crippen molar-refractivity contribution in [1.29, 1.82) is 0 Å². The topological polar surface area (TPSA) is 71.1 Å². The van der Waals surface area contributed by atoms with Gasteiger partial charge < -0.3 is 19.3 Å². The highest BCUT2D eigenvalue weighted by atomic mass is 16.5. The van der Waals surface area contributed by atoms with Crippen molar-refractivity contribution in [3.05, 3.63) is 96.7 Å². The molecule has 152 valence electrons. The molecule has 0 radical (unpaired) electrons. The molecule has 31 heavy (non-hydrogen) atoms. The largest absolute Gasteiger partial charge is 0.456 e. The minimum atomic E-state index is 0.386. The first-order chi connectivity index (χ1) is 15.2. The monoisotopic (exact) mass is 409 g/mol. The van der Waals surface area contributed by atoms with Crippen LogP contribution in [0.2, 0.25) is 0 Å². The first-order valence-corrected chi connectivity index (χ1v) is 9.79. The Labute approximate surface area is 178 Å². The van der Waals surface area contributed by atoms with Gasteiger partial charge in [-0.1, -0.05) is 41.6 Å². The van der Waals surface area contributed by atoms with Crippen LogP contribution in [-0.2, 0) is 0 Å². The van der Waals surface area contributed by atoms with Crippen molar-refractivity contribution in [2.75, 3.05) is 11.9 Å². The van der Waals surface area contributed by atoms with Gasteiger partial charge in [0.1, 0.15) is 16.9 Å². The van der Waals surface area contributed by atoms with Crippen molar-refractivity contribution in [2.45, 2.75) is 0 Å². The SMILES string of the molecule is CN(/C(=N\O)c1ccc(Oc2ccc3oc4ccccc4c3c2)nc1)c1ccccc1. The maximum atomic E-state index is 9.56. The molecule has 2 heterocycles. The van der Waals surface area contributed by atoms with Gasteiger partial charge in [0.15, 0.2) is 5.84 Å². The predicted molar refractivity (Wildman–Crippen MR) is 121 cm³/mol. The number of anilines is 1. The molecule has 6 nitrogen and oxygen atoms in total. The zero-order chi connectivity index (χ0) is 21.2. The second-order valence-corrected chi connectivity index (χ2v) is 7.06. The zero-order valence-corrected chi connectivity index (χ0v) is 16.8. The number of benzene rings is 3. The molecule has 0 spiro atoms. The number of pyridine rings is 1. The number of para-hydroxylation sites is 2. The average Bonchev–Trinajstić information content (AvgIpc) is 3.19. The van der Waals surface area contributed by atoms with Crippen LogP contribution in [0.3, 0.4) is 0 Å². The minimum absolute atomic E-state index is 0.386. The van der Waals surface area contributed by atoms with Gasteiger partial charge in [-0.05, 0) is 42.5 Å². The fraction of sp³-hybridized carbons (Fsp3) is 0.0400. The Morgan fingerprint density at radius 1 is 0.903 bits per heavy atom. The Balaban J connectivity index is 1.39. The van der Waals surface area contributed by atoms with E-state index in [-0.39, 0.29) is 0 Å². The number of oxime groups is 1. The lowest BCUT2D eigenvalue weighted by Gasteiger charge is -2.20. The average molecular weight is 409 g/mol. The standard InChI is InChI=1S/C25H19N3O3/c1-28(18-7-3-2-4-8-18)25(27-29)17-11-14-24(26-16-17)30-19-12-13-23-21(15-19)20-9-5-6-10-22(20)31-23/h2-16,29H,1H3/b27-25-. The number of amidine groups is 1. The van der Waals surface area contributed by atoms with E-state index in [9.17, 15) is 5.21 Å². The van der Waals surface area contributed by atoms with Gasteiger partial charge in [0.25, 0.3) is 0 Å². The van der Waals surface area contributed by atoms with Crippen LogP contribution in [0.15, 0.2) is 101 Å². The number of hydrogen-bond donors (Lipinski definition) is 1. The first kappa shape index (κ1) is 18.7. The van der Waals surface area contributed by atoms with Gasteiger partial charge in [-0.3, -0.25) is 0 Å². The Morgan fingerprint density at radius 3 is 2.45 bits per heavy atom. The maximum absolute atomic E-state index is 9.56. The number of furan rings is 1. The lowest BCUT2D eigenvalue weighted by Crippen LogP contribution is -2.27. The summed E-state index contributed by atoms with van der Waals surface area (Å²) in [5.74, 6) is 1.49. The van der Waals surface area contributed by atoms with Crippen molar-refractivity contribution in [3.8, 4) is 11.6 Å². The second kappa shape index (κ2) is 7.84. The van der Waals surface area contributed by atoms with Gasteiger partial charge in [0.05, 0.1) is 0 Å². The lowest BCUT2D eigenvalue weighted by molar-refractivity contribution is 0.318. The lowest BCUT2D eigenvalue weighted by atomic mass is 10.1. The van der Waals surface area contributed by atoms with Crippen molar-refractivity contribution in [2.24, 2.45) is 5.16 Å². The van der Waals surface area contributed by atoms with Crippen LogP contribution in [0.25, 0.3) is 21.9 Å². The number of nitrogens with zero attached hydrogens (tertiary/aromatic N) is 3. The van der Waals surface area contributed by atoms with Crippen LogP contribution in [0.4, 0.5) is 5.69 Å². The van der Waals surface area contributed by atoms with Crippen LogP contribution in [0, 0.1) is 0 Å². The molecule has 0 atom stereocenters. The highest BCUT2D eigenvalue weighted by Gasteiger charge is 2.13.